The Morgan fingerprint density at radius 1 is 0.296 bits per heavy atom. The van der Waals surface area contributed by atoms with Gasteiger partial charge in [-0.15, -0.1) is 0 Å². The van der Waals surface area contributed by atoms with Crippen LogP contribution in [-0.2, 0) is 0 Å². The van der Waals surface area contributed by atoms with Crippen LogP contribution in [-0.4, -0.2) is 7.05 Å². The largest absolute Gasteiger partial charge is 0.354 e. The van der Waals surface area contributed by atoms with Gasteiger partial charge in [-0.25, -0.2) is 0 Å². The smallest absolute Gasteiger partial charge is 0.0509 e. The van der Waals surface area contributed by atoms with E-state index in [0.717, 1.165) is 45.5 Å². The second-order valence-corrected chi connectivity index (χ2v) is 18.6. The van der Waals surface area contributed by atoms with Gasteiger partial charge < -0.3 is 20.0 Å². The zero-order chi connectivity index (χ0) is 47.0. The zero-order valence-corrected chi connectivity index (χ0v) is 39.1. The van der Waals surface area contributed by atoms with E-state index in [1.807, 2.05) is 0 Å². The molecule has 2 aliphatic heterocycles. The zero-order valence-electron chi connectivity index (χ0n) is 39.1. The van der Waals surface area contributed by atoms with Gasteiger partial charge in [0, 0.05) is 80.1 Å². The highest BCUT2D eigenvalue weighted by atomic mass is 15.2. The predicted molar refractivity (Wildman–Crippen MR) is 301 cm³/mol. The van der Waals surface area contributed by atoms with Crippen molar-refractivity contribution in [2.24, 2.45) is 0 Å². The molecule has 1 N–H and O–H groups in total. The maximum atomic E-state index is 3.92. The van der Waals surface area contributed by atoms with Gasteiger partial charge in [-0.3, -0.25) is 0 Å². The van der Waals surface area contributed by atoms with Crippen LogP contribution in [0.4, 0.5) is 56.9 Å². The van der Waals surface area contributed by atoms with Crippen molar-refractivity contribution in [3.8, 4) is 44.5 Å². The standard InChI is InChI=1S/C67H46N4/c1-69-64-41-40-62-66-60(58-36-34-52(42-63(58)68-62)70(48-18-4-2-5-19-48)50-30-26-46(27-31-50)56-24-12-16-44-14-8-10-22-54(44)56)38-39-61(67(64)66)59-37-35-53(43-65(59)69)71(49-20-6-3-7-21-49)51-32-28-47(29-33-51)57-25-13-17-45-15-9-11-23-55(45)57/h2-43,68H,1H3. The van der Waals surface area contributed by atoms with Crippen LogP contribution in [0.3, 0.4) is 0 Å². The van der Waals surface area contributed by atoms with E-state index in [-0.39, 0.29) is 0 Å². The second-order valence-electron chi connectivity index (χ2n) is 18.6. The van der Waals surface area contributed by atoms with Crippen LogP contribution in [0.5, 0.6) is 0 Å². The molecule has 12 aromatic rings. The summed E-state index contributed by atoms with van der Waals surface area (Å²) in [5.41, 5.74) is 20.9. The van der Waals surface area contributed by atoms with Crippen molar-refractivity contribution in [1.82, 2.24) is 0 Å². The molecule has 0 amide bonds. The first-order chi connectivity index (χ1) is 35.1. The average Bonchev–Trinajstić information content (AvgIpc) is 3.44. The van der Waals surface area contributed by atoms with Gasteiger partial charge in [-0.2, -0.15) is 0 Å². The van der Waals surface area contributed by atoms with Gasteiger partial charge in [0.05, 0.1) is 5.69 Å². The molecule has 0 bridgehead atoms. The van der Waals surface area contributed by atoms with E-state index in [4.69, 9.17) is 0 Å². The molecule has 2 heterocycles. The number of para-hydroxylation sites is 2. The van der Waals surface area contributed by atoms with Crippen LogP contribution in [0.2, 0.25) is 0 Å². The maximum Gasteiger partial charge on any atom is 0.0509 e. The van der Waals surface area contributed by atoms with Gasteiger partial charge in [-0.05, 0) is 140 Å². The highest BCUT2D eigenvalue weighted by Crippen LogP contribution is 2.55. The van der Waals surface area contributed by atoms with Crippen molar-refractivity contribution in [3.05, 3.63) is 255 Å². The molecular weight excluding hydrogens is 861 g/mol. The van der Waals surface area contributed by atoms with Crippen LogP contribution in [0.25, 0.3) is 76.8 Å². The summed E-state index contributed by atoms with van der Waals surface area (Å²) in [5.74, 6) is 0. The molecule has 334 valence electrons. The van der Waals surface area contributed by atoms with Gasteiger partial charge in [0.2, 0.25) is 0 Å². The van der Waals surface area contributed by atoms with E-state index >= 15 is 0 Å². The third-order valence-electron chi connectivity index (χ3n) is 14.7. The SMILES string of the molecule is CN1c2cc(N(c3ccccc3)c3ccc(-c4cccc5ccccc45)cc3)ccc2-c2ccc3c4c(ccc1c24)Nc1cc(N(c2ccccc2)c2ccc(-c4cccc5ccccc45)cc2)ccc1-3. The number of anilines is 10. The molecule has 0 spiro atoms. The number of nitrogens with zero attached hydrogens (tertiary/aromatic N) is 3. The van der Waals surface area contributed by atoms with Crippen molar-refractivity contribution in [2.75, 3.05) is 27.1 Å². The lowest BCUT2D eigenvalue weighted by molar-refractivity contribution is 1.20. The lowest BCUT2D eigenvalue weighted by Gasteiger charge is -2.35. The normalized spacial score (nSPS) is 12.1. The molecule has 4 heteroatoms. The topological polar surface area (TPSA) is 21.8 Å². The maximum absolute atomic E-state index is 3.92. The molecule has 0 saturated carbocycles. The van der Waals surface area contributed by atoms with Crippen molar-refractivity contribution < 1.29 is 0 Å². The number of hydrogen-bond acceptors (Lipinski definition) is 4. The third kappa shape index (κ3) is 6.68. The first-order valence-electron chi connectivity index (χ1n) is 24.4. The Morgan fingerprint density at radius 2 is 0.746 bits per heavy atom. The number of hydrogen-bond donors (Lipinski definition) is 1. The number of nitrogens with one attached hydrogen (secondary N) is 1. The summed E-state index contributed by atoms with van der Waals surface area (Å²) in [6.07, 6.45) is 0. The quantitative estimate of drug-likeness (QED) is 0.164. The molecule has 0 atom stereocenters. The van der Waals surface area contributed by atoms with Gasteiger partial charge in [0.15, 0.2) is 0 Å². The Bertz CT molecular complexity index is 4020. The molecule has 4 nitrogen and oxygen atoms in total. The summed E-state index contributed by atoms with van der Waals surface area (Å²) in [5, 5.41) is 11.5. The molecular formula is C67H46N4. The fourth-order valence-corrected chi connectivity index (χ4v) is 11.3. The third-order valence-corrected chi connectivity index (χ3v) is 14.7. The molecule has 2 aliphatic rings. The van der Waals surface area contributed by atoms with Crippen LogP contribution in [0.1, 0.15) is 0 Å². The fraction of sp³-hybridized carbons (Fsp3) is 0.0149. The number of rotatable bonds is 8. The molecule has 0 aromatic heterocycles. The van der Waals surface area contributed by atoms with E-state index in [2.05, 4.69) is 282 Å². The molecule has 0 fully saturated rings. The summed E-state index contributed by atoms with van der Waals surface area (Å²) in [7, 11) is 2.21. The molecule has 0 aliphatic carbocycles. The summed E-state index contributed by atoms with van der Waals surface area (Å²) >= 11 is 0. The molecule has 14 rings (SSSR count). The number of benzene rings is 12. The molecule has 12 aromatic carbocycles. The monoisotopic (exact) mass is 906 g/mol. The Balaban J connectivity index is 0.822. The summed E-state index contributed by atoms with van der Waals surface area (Å²) < 4.78 is 0. The average molecular weight is 907 g/mol. The van der Waals surface area contributed by atoms with Gasteiger partial charge in [-0.1, -0.05) is 170 Å². The molecule has 0 saturated heterocycles. The van der Waals surface area contributed by atoms with Crippen molar-refractivity contribution in [3.63, 3.8) is 0 Å². The van der Waals surface area contributed by atoms with E-state index in [1.165, 1.54) is 88.2 Å². The first-order valence-corrected chi connectivity index (χ1v) is 24.4. The minimum absolute atomic E-state index is 1.09. The predicted octanol–water partition coefficient (Wildman–Crippen LogP) is 18.9. The fourth-order valence-electron chi connectivity index (χ4n) is 11.3. The molecule has 0 radical (unpaired) electrons. The Labute approximate surface area is 413 Å². The Kier molecular flexibility index (Phi) is 9.39. The van der Waals surface area contributed by atoms with E-state index in [0.29, 0.717) is 0 Å². The second kappa shape index (κ2) is 16.4. The van der Waals surface area contributed by atoms with Crippen molar-refractivity contribution >= 4 is 89.2 Å². The van der Waals surface area contributed by atoms with Crippen molar-refractivity contribution in [2.45, 2.75) is 0 Å². The lowest BCUT2D eigenvalue weighted by Crippen LogP contribution is -2.17. The Hall–Kier alpha value is -9.38. The van der Waals surface area contributed by atoms with Crippen LogP contribution in [0, 0.1) is 0 Å². The van der Waals surface area contributed by atoms with Gasteiger partial charge in [0.25, 0.3) is 0 Å². The van der Waals surface area contributed by atoms with Crippen LogP contribution >= 0.6 is 0 Å². The van der Waals surface area contributed by atoms with E-state index in [1.54, 1.807) is 0 Å². The minimum atomic E-state index is 1.09. The van der Waals surface area contributed by atoms with Crippen LogP contribution < -0.4 is 20.0 Å². The lowest BCUT2D eigenvalue weighted by atomic mass is 9.85. The summed E-state index contributed by atoms with van der Waals surface area (Å²) in [4.78, 5) is 7.10. The molecule has 0 unspecified atom stereocenters. The Morgan fingerprint density at radius 3 is 1.32 bits per heavy atom. The first kappa shape index (κ1) is 40.7. The summed E-state index contributed by atoms with van der Waals surface area (Å²) in [6, 6.07) is 92.8. The summed E-state index contributed by atoms with van der Waals surface area (Å²) in [6.45, 7) is 0. The van der Waals surface area contributed by atoms with E-state index < -0.39 is 0 Å². The highest BCUT2D eigenvalue weighted by molar-refractivity contribution is 6.22. The van der Waals surface area contributed by atoms with Crippen molar-refractivity contribution in [1.29, 1.82) is 0 Å². The highest BCUT2D eigenvalue weighted by Gasteiger charge is 2.29. The van der Waals surface area contributed by atoms with Gasteiger partial charge >= 0.3 is 0 Å². The minimum Gasteiger partial charge on any atom is -0.354 e. The van der Waals surface area contributed by atoms with Crippen LogP contribution in [0.15, 0.2) is 255 Å². The molecule has 71 heavy (non-hydrogen) atoms. The number of fused-ring (bicyclic) bond motifs is 6. The van der Waals surface area contributed by atoms with E-state index in [9.17, 15) is 0 Å². The van der Waals surface area contributed by atoms with Gasteiger partial charge in [0.1, 0.15) is 0 Å².